The standard InChI is InChI=1S/C19H25NO7/c21-16-15(20(22)23)19(25-13-9-5-2-6-10-13)26-14-11-24-18(27-17(14)16)12-7-3-1-4-8-12/h1,3-4,7-8,13-19,21H,2,5-6,9-11H2/t14-,15-,16-,17-,18?,19-/m1/s1. The summed E-state index contributed by atoms with van der Waals surface area (Å²) >= 11 is 0. The maximum Gasteiger partial charge on any atom is 0.291 e. The molecule has 2 saturated heterocycles. The van der Waals surface area contributed by atoms with Gasteiger partial charge in [-0.05, 0) is 12.8 Å². The minimum atomic E-state index is -1.39. The zero-order valence-electron chi connectivity index (χ0n) is 15.0. The lowest BCUT2D eigenvalue weighted by Crippen LogP contribution is -2.64. The number of rotatable bonds is 4. The summed E-state index contributed by atoms with van der Waals surface area (Å²) in [7, 11) is 0. The monoisotopic (exact) mass is 379 g/mol. The fourth-order valence-corrected chi connectivity index (χ4v) is 4.08. The molecule has 148 valence electrons. The number of ether oxygens (including phenoxy) is 4. The molecular formula is C19H25NO7. The first-order valence-corrected chi connectivity index (χ1v) is 9.58. The van der Waals surface area contributed by atoms with E-state index in [0.29, 0.717) is 0 Å². The average Bonchev–Trinajstić information content (AvgIpc) is 2.69. The van der Waals surface area contributed by atoms with Gasteiger partial charge in [0, 0.05) is 10.5 Å². The first-order valence-electron chi connectivity index (χ1n) is 9.58. The van der Waals surface area contributed by atoms with Crippen molar-refractivity contribution < 1.29 is 29.0 Å². The maximum atomic E-state index is 11.6. The molecule has 8 nitrogen and oxygen atoms in total. The lowest BCUT2D eigenvalue weighted by molar-refractivity contribution is -0.580. The first-order chi connectivity index (χ1) is 13.1. The molecule has 6 atom stereocenters. The van der Waals surface area contributed by atoms with Crippen LogP contribution in [0.25, 0.3) is 0 Å². The van der Waals surface area contributed by atoms with Gasteiger partial charge in [0.05, 0.1) is 12.7 Å². The lowest BCUT2D eigenvalue weighted by Gasteiger charge is -2.45. The number of aliphatic hydroxyl groups excluding tert-OH is 1. The van der Waals surface area contributed by atoms with E-state index >= 15 is 0 Å². The third-order valence-corrected chi connectivity index (χ3v) is 5.53. The van der Waals surface area contributed by atoms with Crippen LogP contribution in [-0.4, -0.2) is 53.4 Å². The Hall–Kier alpha value is -1.58. The number of hydrogen-bond donors (Lipinski definition) is 1. The van der Waals surface area contributed by atoms with E-state index in [1.54, 1.807) is 0 Å². The molecule has 2 heterocycles. The number of hydrogen-bond acceptors (Lipinski definition) is 7. The fraction of sp³-hybridized carbons (Fsp3) is 0.684. The van der Waals surface area contributed by atoms with Crippen LogP contribution >= 0.6 is 0 Å². The number of fused-ring (bicyclic) bond motifs is 1. The van der Waals surface area contributed by atoms with Crippen molar-refractivity contribution in [3.05, 3.63) is 46.0 Å². The Balaban J connectivity index is 1.48. The zero-order valence-corrected chi connectivity index (χ0v) is 15.0. The van der Waals surface area contributed by atoms with Gasteiger partial charge in [-0.2, -0.15) is 0 Å². The minimum Gasteiger partial charge on any atom is -0.383 e. The number of aliphatic hydroxyl groups is 1. The van der Waals surface area contributed by atoms with Crippen molar-refractivity contribution in [1.82, 2.24) is 0 Å². The Morgan fingerprint density at radius 3 is 2.56 bits per heavy atom. The van der Waals surface area contributed by atoms with Crippen molar-refractivity contribution >= 4 is 0 Å². The molecule has 1 aliphatic carbocycles. The topological polar surface area (TPSA) is 100 Å². The Morgan fingerprint density at radius 2 is 1.85 bits per heavy atom. The van der Waals surface area contributed by atoms with E-state index in [-0.39, 0.29) is 12.7 Å². The SMILES string of the molecule is O=[N+]([O-])[C@H]1[C@H](OC2CCCCC2)O[C@@H]2COC(c3ccccc3)O[C@H]2[C@@H]1O. The molecule has 1 aromatic rings. The van der Waals surface area contributed by atoms with E-state index in [1.165, 1.54) is 0 Å². The van der Waals surface area contributed by atoms with Gasteiger partial charge in [0.2, 0.25) is 6.29 Å². The highest BCUT2D eigenvalue weighted by molar-refractivity contribution is 5.16. The van der Waals surface area contributed by atoms with E-state index in [4.69, 9.17) is 18.9 Å². The third kappa shape index (κ3) is 4.00. The van der Waals surface area contributed by atoms with Crippen LogP contribution in [0.2, 0.25) is 0 Å². The van der Waals surface area contributed by atoms with Crippen LogP contribution in [0, 0.1) is 10.1 Å². The van der Waals surface area contributed by atoms with E-state index in [2.05, 4.69) is 0 Å². The second-order valence-corrected chi connectivity index (χ2v) is 7.38. The molecule has 4 rings (SSSR count). The van der Waals surface area contributed by atoms with Gasteiger partial charge in [-0.15, -0.1) is 0 Å². The Labute approximate surface area is 157 Å². The molecule has 0 spiro atoms. The molecule has 0 amide bonds. The highest BCUT2D eigenvalue weighted by atomic mass is 16.8. The first kappa shape index (κ1) is 18.8. The van der Waals surface area contributed by atoms with Crippen LogP contribution in [0.1, 0.15) is 44.0 Å². The smallest absolute Gasteiger partial charge is 0.291 e. The summed E-state index contributed by atoms with van der Waals surface area (Å²) in [4.78, 5) is 11.1. The molecule has 0 radical (unpaired) electrons. The number of nitro groups is 1. The van der Waals surface area contributed by atoms with Gasteiger partial charge in [-0.1, -0.05) is 49.6 Å². The summed E-state index contributed by atoms with van der Waals surface area (Å²) in [6.45, 7) is 0.177. The van der Waals surface area contributed by atoms with E-state index < -0.39 is 41.9 Å². The Bertz CT molecular complexity index is 636. The van der Waals surface area contributed by atoms with Gasteiger partial charge >= 0.3 is 0 Å². The van der Waals surface area contributed by atoms with Gasteiger partial charge in [-0.25, -0.2) is 0 Å². The summed E-state index contributed by atoms with van der Waals surface area (Å²) in [6.07, 6.45) is 0.318. The largest absolute Gasteiger partial charge is 0.383 e. The van der Waals surface area contributed by atoms with Crippen molar-refractivity contribution in [3.63, 3.8) is 0 Å². The van der Waals surface area contributed by atoms with Gasteiger partial charge in [0.15, 0.2) is 12.4 Å². The van der Waals surface area contributed by atoms with E-state index in [0.717, 1.165) is 37.7 Å². The van der Waals surface area contributed by atoms with Crippen molar-refractivity contribution in [2.75, 3.05) is 6.61 Å². The molecule has 1 aromatic carbocycles. The summed E-state index contributed by atoms with van der Waals surface area (Å²) < 4.78 is 23.3. The van der Waals surface area contributed by atoms with Crippen molar-refractivity contribution in [2.24, 2.45) is 0 Å². The predicted molar refractivity (Wildman–Crippen MR) is 93.4 cm³/mol. The Morgan fingerprint density at radius 1 is 1.11 bits per heavy atom. The maximum absolute atomic E-state index is 11.6. The normalized spacial score (nSPS) is 37.5. The molecule has 3 aliphatic rings. The highest BCUT2D eigenvalue weighted by Gasteiger charge is 2.56. The third-order valence-electron chi connectivity index (χ3n) is 5.53. The molecule has 3 fully saturated rings. The minimum absolute atomic E-state index is 0.0718. The predicted octanol–water partition coefficient (Wildman–Crippen LogP) is 2.18. The summed E-state index contributed by atoms with van der Waals surface area (Å²) in [5, 5.41) is 22.4. The number of nitrogens with zero attached hydrogens (tertiary/aromatic N) is 1. The Kier molecular flexibility index (Phi) is 5.70. The second-order valence-electron chi connectivity index (χ2n) is 7.38. The van der Waals surface area contributed by atoms with Gasteiger partial charge in [0.1, 0.15) is 12.2 Å². The molecule has 1 N–H and O–H groups in total. The van der Waals surface area contributed by atoms with Gasteiger partial charge in [0.25, 0.3) is 6.04 Å². The fourth-order valence-electron chi connectivity index (χ4n) is 4.08. The quantitative estimate of drug-likeness (QED) is 0.632. The van der Waals surface area contributed by atoms with Crippen LogP contribution in [0.4, 0.5) is 0 Å². The van der Waals surface area contributed by atoms with Crippen LogP contribution in [0.3, 0.4) is 0 Å². The summed E-state index contributed by atoms with van der Waals surface area (Å²) in [6, 6.07) is 7.90. The second kappa shape index (κ2) is 8.20. The van der Waals surface area contributed by atoms with E-state index in [1.807, 2.05) is 30.3 Å². The van der Waals surface area contributed by atoms with Crippen LogP contribution in [-0.2, 0) is 18.9 Å². The molecule has 1 unspecified atom stereocenters. The molecule has 2 aliphatic heterocycles. The highest BCUT2D eigenvalue weighted by Crippen LogP contribution is 2.36. The van der Waals surface area contributed by atoms with Gasteiger partial charge < -0.3 is 24.1 Å². The van der Waals surface area contributed by atoms with Crippen LogP contribution in [0.5, 0.6) is 0 Å². The van der Waals surface area contributed by atoms with Crippen molar-refractivity contribution in [2.45, 2.75) is 75.1 Å². The molecule has 27 heavy (non-hydrogen) atoms. The molecular weight excluding hydrogens is 354 g/mol. The van der Waals surface area contributed by atoms with E-state index in [9.17, 15) is 15.2 Å². The van der Waals surface area contributed by atoms with Crippen LogP contribution < -0.4 is 0 Å². The molecule has 0 bridgehead atoms. The van der Waals surface area contributed by atoms with Crippen molar-refractivity contribution in [3.8, 4) is 0 Å². The molecule has 1 saturated carbocycles. The average molecular weight is 379 g/mol. The zero-order chi connectivity index (χ0) is 18.8. The summed E-state index contributed by atoms with van der Waals surface area (Å²) in [5.41, 5.74) is 0.793. The lowest BCUT2D eigenvalue weighted by atomic mass is 9.95. The summed E-state index contributed by atoms with van der Waals surface area (Å²) in [5.74, 6) is 0. The molecule has 8 heteroatoms. The van der Waals surface area contributed by atoms with Gasteiger partial charge in [-0.3, -0.25) is 10.1 Å². The van der Waals surface area contributed by atoms with Crippen LogP contribution in [0.15, 0.2) is 30.3 Å². The number of benzene rings is 1. The molecule has 0 aromatic heterocycles. The van der Waals surface area contributed by atoms with Crippen molar-refractivity contribution in [1.29, 1.82) is 0 Å².